The Balaban J connectivity index is 1.59. The molecule has 2 amide bonds. The van der Waals surface area contributed by atoms with Gasteiger partial charge in [-0.2, -0.15) is 0 Å². The van der Waals surface area contributed by atoms with Gasteiger partial charge in [-0.15, -0.1) is 0 Å². The molecule has 4 heteroatoms. The van der Waals surface area contributed by atoms with Crippen LogP contribution in [0.4, 0.5) is 0 Å². The predicted octanol–water partition coefficient (Wildman–Crippen LogP) is 3.86. The molecule has 1 aliphatic rings. The summed E-state index contributed by atoms with van der Waals surface area (Å²) >= 11 is 0. The van der Waals surface area contributed by atoms with E-state index in [4.69, 9.17) is 0 Å². The summed E-state index contributed by atoms with van der Waals surface area (Å²) in [5.74, 6) is 0.135. The topological polar surface area (TPSA) is 49.4 Å². The fourth-order valence-electron chi connectivity index (χ4n) is 3.26. The summed E-state index contributed by atoms with van der Waals surface area (Å²) in [5.41, 5.74) is 4.08. The lowest BCUT2D eigenvalue weighted by atomic mass is 10.0. The van der Waals surface area contributed by atoms with E-state index in [2.05, 4.69) is 36.5 Å². The van der Waals surface area contributed by atoms with Gasteiger partial charge in [0.2, 0.25) is 5.91 Å². The molecule has 1 atom stereocenters. The first kappa shape index (κ1) is 18.2. The van der Waals surface area contributed by atoms with Gasteiger partial charge < -0.3 is 10.2 Å². The van der Waals surface area contributed by atoms with E-state index in [1.54, 1.807) is 0 Å². The van der Waals surface area contributed by atoms with E-state index in [1.807, 2.05) is 36.1 Å². The Hall–Kier alpha value is -2.62. The van der Waals surface area contributed by atoms with E-state index in [-0.39, 0.29) is 17.9 Å². The Labute approximate surface area is 155 Å². The average Bonchev–Trinajstić information content (AvgIpc) is 3.07. The summed E-state index contributed by atoms with van der Waals surface area (Å²) in [5, 5.41) is 3.05. The summed E-state index contributed by atoms with van der Waals surface area (Å²) in [6.07, 6.45) is 2.60. The van der Waals surface area contributed by atoms with Crippen molar-refractivity contribution in [2.45, 2.75) is 45.7 Å². The number of carbonyl (C=O) groups is 2. The molecular formula is C22H26N2O2. The van der Waals surface area contributed by atoms with Crippen LogP contribution >= 0.6 is 0 Å². The van der Waals surface area contributed by atoms with Gasteiger partial charge in [0.05, 0.1) is 6.04 Å². The van der Waals surface area contributed by atoms with Gasteiger partial charge in [0.15, 0.2) is 0 Å². The second kappa shape index (κ2) is 8.17. The molecule has 1 aliphatic heterocycles. The maximum atomic E-state index is 12.5. The molecule has 3 rings (SSSR count). The first-order valence-corrected chi connectivity index (χ1v) is 9.33. The van der Waals surface area contributed by atoms with Gasteiger partial charge in [-0.05, 0) is 48.6 Å². The van der Waals surface area contributed by atoms with E-state index in [0.717, 1.165) is 30.5 Å². The van der Waals surface area contributed by atoms with Crippen molar-refractivity contribution in [3.63, 3.8) is 0 Å². The second-order valence-corrected chi connectivity index (χ2v) is 6.91. The van der Waals surface area contributed by atoms with E-state index in [9.17, 15) is 9.59 Å². The maximum Gasteiger partial charge on any atom is 0.251 e. The van der Waals surface area contributed by atoms with Gasteiger partial charge in [0.25, 0.3) is 5.91 Å². The highest BCUT2D eigenvalue weighted by molar-refractivity contribution is 5.94. The standard InChI is InChI=1S/C22H26N2O2/c1-3-17-6-10-19(11-7-17)16(2)23-22(26)20-12-8-18(9-13-20)15-24-14-4-5-21(24)25/h6-13,16H,3-5,14-15H2,1-2H3,(H,23,26). The molecule has 2 aromatic carbocycles. The van der Waals surface area contributed by atoms with Crippen LogP contribution in [0.1, 0.15) is 59.8 Å². The van der Waals surface area contributed by atoms with Crippen LogP contribution in [0.15, 0.2) is 48.5 Å². The van der Waals surface area contributed by atoms with Gasteiger partial charge in [-0.25, -0.2) is 0 Å². The Morgan fingerprint density at radius 1 is 1.08 bits per heavy atom. The van der Waals surface area contributed by atoms with Gasteiger partial charge in [0, 0.05) is 25.1 Å². The van der Waals surface area contributed by atoms with Gasteiger partial charge >= 0.3 is 0 Å². The van der Waals surface area contributed by atoms with Crippen LogP contribution in [0.5, 0.6) is 0 Å². The average molecular weight is 350 g/mol. The first-order chi connectivity index (χ1) is 12.6. The monoisotopic (exact) mass is 350 g/mol. The van der Waals surface area contributed by atoms with Crippen molar-refractivity contribution < 1.29 is 9.59 Å². The van der Waals surface area contributed by atoms with Crippen molar-refractivity contribution in [3.05, 3.63) is 70.8 Å². The molecule has 1 unspecified atom stereocenters. The van der Waals surface area contributed by atoms with Gasteiger partial charge in [-0.1, -0.05) is 43.3 Å². The zero-order valence-corrected chi connectivity index (χ0v) is 15.5. The predicted molar refractivity (Wildman–Crippen MR) is 103 cm³/mol. The highest BCUT2D eigenvalue weighted by Gasteiger charge is 2.20. The molecule has 2 aromatic rings. The summed E-state index contributed by atoms with van der Waals surface area (Å²) in [6, 6.07) is 15.8. The van der Waals surface area contributed by atoms with E-state index in [1.165, 1.54) is 5.56 Å². The Bertz CT molecular complexity index is 766. The molecule has 0 aromatic heterocycles. The third-order valence-electron chi connectivity index (χ3n) is 5.00. The van der Waals surface area contributed by atoms with Crippen LogP contribution in [-0.2, 0) is 17.8 Å². The van der Waals surface area contributed by atoms with Crippen molar-refractivity contribution in [1.82, 2.24) is 10.2 Å². The number of likely N-dealkylation sites (tertiary alicyclic amines) is 1. The van der Waals surface area contributed by atoms with E-state index < -0.39 is 0 Å². The fraction of sp³-hybridized carbons (Fsp3) is 0.364. The van der Waals surface area contributed by atoms with Crippen molar-refractivity contribution in [1.29, 1.82) is 0 Å². The van der Waals surface area contributed by atoms with Gasteiger partial charge in [0.1, 0.15) is 0 Å². The molecule has 0 spiro atoms. The number of carbonyl (C=O) groups excluding carboxylic acids is 2. The highest BCUT2D eigenvalue weighted by atomic mass is 16.2. The quantitative estimate of drug-likeness (QED) is 0.860. The van der Waals surface area contributed by atoms with Gasteiger partial charge in [-0.3, -0.25) is 9.59 Å². The number of hydrogen-bond donors (Lipinski definition) is 1. The smallest absolute Gasteiger partial charge is 0.251 e. The van der Waals surface area contributed by atoms with E-state index >= 15 is 0 Å². The minimum absolute atomic E-state index is 0.0460. The number of nitrogens with zero attached hydrogens (tertiary/aromatic N) is 1. The Morgan fingerprint density at radius 2 is 1.73 bits per heavy atom. The zero-order chi connectivity index (χ0) is 18.5. The summed E-state index contributed by atoms with van der Waals surface area (Å²) < 4.78 is 0. The van der Waals surface area contributed by atoms with Crippen LogP contribution < -0.4 is 5.32 Å². The van der Waals surface area contributed by atoms with Crippen molar-refractivity contribution in [3.8, 4) is 0 Å². The largest absolute Gasteiger partial charge is 0.346 e. The lowest BCUT2D eigenvalue weighted by Crippen LogP contribution is -2.27. The van der Waals surface area contributed by atoms with Crippen LogP contribution in [-0.4, -0.2) is 23.3 Å². The molecule has 136 valence electrons. The number of nitrogens with one attached hydrogen (secondary N) is 1. The lowest BCUT2D eigenvalue weighted by Gasteiger charge is -2.17. The number of aryl methyl sites for hydroxylation is 1. The van der Waals surface area contributed by atoms with Crippen LogP contribution in [0.2, 0.25) is 0 Å². The molecule has 1 fully saturated rings. The maximum absolute atomic E-state index is 12.5. The molecule has 4 nitrogen and oxygen atoms in total. The van der Waals surface area contributed by atoms with E-state index in [0.29, 0.717) is 18.5 Å². The first-order valence-electron chi connectivity index (χ1n) is 9.33. The molecule has 0 aliphatic carbocycles. The third-order valence-corrected chi connectivity index (χ3v) is 5.00. The summed E-state index contributed by atoms with van der Waals surface area (Å²) in [6.45, 7) is 5.58. The molecule has 0 bridgehead atoms. The van der Waals surface area contributed by atoms with Crippen molar-refractivity contribution in [2.24, 2.45) is 0 Å². The Morgan fingerprint density at radius 3 is 2.31 bits per heavy atom. The third kappa shape index (κ3) is 4.31. The van der Waals surface area contributed by atoms with Crippen LogP contribution in [0.3, 0.4) is 0 Å². The minimum Gasteiger partial charge on any atom is -0.346 e. The second-order valence-electron chi connectivity index (χ2n) is 6.91. The van der Waals surface area contributed by atoms with Crippen molar-refractivity contribution >= 4 is 11.8 Å². The molecular weight excluding hydrogens is 324 g/mol. The molecule has 1 heterocycles. The SMILES string of the molecule is CCc1ccc(C(C)NC(=O)c2ccc(CN3CCCC3=O)cc2)cc1. The molecule has 0 saturated carbocycles. The number of hydrogen-bond acceptors (Lipinski definition) is 2. The highest BCUT2D eigenvalue weighted by Crippen LogP contribution is 2.17. The molecule has 26 heavy (non-hydrogen) atoms. The van der Waals surface area contributed by atoms with Crippen LogP contribution in [0, 0.1) is 0 Å². The number of rotatable bonds is 6. The summed E-state index contributed by atoms with van der Waals surface area (Å²) in [7, 11) is 0. The normalized spacial score (nSPS) is 15.2. The Kier molecular flexibility index (Phi) is 5.71. The fourth-order valence-corrected chi connectivity index (χ4v) is 3.26. The summed E-state index contributed by atoms with van der Waals surface area (Å²) in [4.78, 5) is 26.1. The molecule has 1 saturated heterocycles. The van der Waals surface area contributed by atoms with Crippen molar-refractivity contribution in [2.75, 3.05) is 6.54 Å². The number of amides is 2. The zero-order valence-electron chi connectivity index (χ0n) is 15.5. The molecule has 1 N–H and O–H groups in total. The number of benzene rings is 2. The minimum atomic E-state index is -0.0825. The van der Waals surface area contributed by atoms with Crippen LogP contribution in [0.25, 0.3) is 0 Å². The lowest BCUT2D eigenvalue weighted by molar-refractivity contribution is -0.128. The molecule has 0 radical (unpaired) electrons.